The predicted octanol–water partition coefficient (Wildman–Crippen LogP) is 2.72. The van der Waals surface area contributed by atoms with Crippen molar-refractivity contribution in [2.24, 2.45) is 5.92 Å². The van der Waals surface area contributed by atoms with E-state index in [1.807, 2.05) is 12.1 Å². The number of nitrogens with zero attached hydrogens (tertiary/aromatic N) is 1. The zero-order valence-corrected chi connectivity index (χ0v) is 15.3. The molecule has 3 rings (SSSR count). The van der Waals surface area contributed by atoms with Crippen LogP contribution in [0.15, 0.2) is 24.3 Å². The highest BCUT2D eigenvalue weighted by atomic mass is 16.5. The number of aliphatic carboxylic acids is 1. The van der Waals surface area contributed by atoms with E-state index in [9.17, 15) is 4.79 Å². The highest BCUT2D eigenvalue weighted by molar-refractivity contribution is 5.69. The Hall–Kier alpha value is -1.59. The van der Waals surface area contributed by atoms with Gasteiger partial charge in [0.05, 0.1) is 13.7 Å². The minimum Gasteiger partial charge on any atom is -0.497 e. The maximum absolute atomic E-state index is 11.1. The van der Waals surface area contributed by atoms with Crippen molar-refractivity contribution >= 4 is 5.97 Å². The first-order valence-electron chi connectivity index (χ1n) is 9.38. The number of hydrogen-bond acceptors (Lipinski definition) is 4. The molecule has 2 aliphatic carbocycles. The number of carboxylic acid groups (broad SMARTS) is 1. The molecule has 5 nitrogen and oxygen atoms in total. The summed E-state index contributed by atoms with van der Waals surface area (Å²) in [4.78, 5) is 13.3. The first-order valence-corrected chi connectivity index (χ1v) is 9.38. The molecule has 0 radical (unpaired) electrons. The summed E-state index contributed by atoms with van der Waals surface area (Å²) in [6.07, 6.45) is 4.67. The molecule has 1 unspecified atom stereocenters. The van der Waals surface area contributed by atoms with Gasteiger partial charge in [-0.05, 0) is 55.2 Å². The predicted molar refractivity (Wildman–Crippen MR) is 98.2 cm³/mol. The molecular formula is C20H30N2O3. The second kappa shape index (κ2) is 8.19. The van der Waals surface area contributed by atoms with Crippen LogP contribution in [0.3, 0.4) is 0 Å². The van der Waals surface area contributed by atoms with Crippen LogP contribution in [0.4, 0.5) is 0 Å². The summed E-state index contributed by atoms with van der Waals surface area (Å²) in [6.45, 7) is 4.34. The van der Waals surface area contributed by atoms with Crippen LogP contribution in [-0.2, 0) is 4.79 Å². The molecule has 2 fully saturated rings. The highest BCUT2D eigenvalue weighted by Crippen LogP contribution is 2.34. The molecule has 1 atom stereocenters. The molecular weight excluding hydrogens is 316 g/mol. The van der Waals surface area contributed by atoms with Crippen molar-refractivity contribution < 1.29 is 14.6 Å². The van der Waals surface area contributed by atoms with Gasteiger partial charge in [0.15, 0.2) is 0 Å². The van der Waals surface area contributed by atoms with E-state index in [0.29, 0.717) is 18.0 Å². The van der Waals surface area contributed by atoms with Crippen LogP contribution < -0.4 is 10.1 Å². The van der Waals surface area contributed by atoms with E-state index < -0.39 is 5.97 Å². The Kier molecular flexibility index (Phi) is 5.97. The van der Waals surface area contributed by atoms with Gasteiger partial charge in [-0.25, -0.2) is 0 Å². The van der Waals surface area contributed by atoms with Gasteiger partial charge in [-0.1, -0.05) is 19.1 Å². The molecule has 0 heterocycles. The average Bonchev–Trinajstić information content (AvgIpc) is 3.36. The van der Waals surface area contributed by atoms with E-state index in [4.69, 9.17) is 9.84 Å². The lowest BCUT2D eigenvalue weighted by molar-refractivity contribution is -0.139. The number of carboxylic acids is 1. The van der Waals surface area contributed by atoms with Gasteiger partial charge in [-0.3, -0.25) is 9.69 Å². The topological polar surface area (TPSA) is 61.8 Å². The van der Waals surface area contributed by atoms with Crippen LogP contribution in [0.2, 0.25) is 0 Å². The molecule has 0 saturated heterocycles. The van der Waals surface area contributed by atoms with E-state index in [0.717, 1.165) is 37.6 Å². The summed E-state index contributed by atoms with van der Waals surface area (Å²) in [6, 6.07) is 9.21. The second-order valence-electron chi connectivity index (χ2n) is 7.67. The Morgan fingerprint density at radius 2 is 2.00 bits per heavy atom. The largest absolute Gasteiger partial charge is 0.497 e. The van der Waals surface area contributed by atoms with Crippen molar-refractivity contribution in [3.8, 4) is 5.75 Å². The van der Waals surface area contributed by atoms with Gasteiger partial charge in [0.25, 0.3) is 0 Å². The van der Waals surface area contributed by atoms with E-state index in [1.54, 1.807) is 7.11 Å². The molecule has 2 aliphatic rings. The average molecular weight is 346 g/mol. The first kappa shape index (κ1) is 18.2. The minimum absolute atomic E-state index is 0.191. The van der Waals surface area contributed by atoms with Gasteiger partial charge < -0.3 is 15.2 Å². The van der Waals surface area contributed by atoms with E-state index in [2.05, 4.69) is 29.3 Å². The summed E-state index contributed by atoms with van der Waals surface area (Å²) in [7, 11) is 1.68. The Morgan fingerprint density at radius 1 is 1.32 bits per heavy atom. The number of benzene rings is 1. The fraction of sp³-hybridized carbons (Fsp3) is 0.650. The summed E-state index contributed by atoms with van der Waals surface area (Å²) in [5.74, 6) is 1.37. The first-order chi connectivity index (χ1) is 12.0. The molecule has 2 saturated carbocycles. The summed E-state index contributed by atoms with van der Waals surface area (Å²) in [5.41, 5.74) is 1.31. The molecule has 1 aromatic carbocycles. The Balaban J connectivity index is 1.40. The van der Waals surface area contributed by atoms with Crippen molar-refractivity contribution in [1.82, 2.24) is 10.2 Å². The normalized spacial score (nSPS) is 24.0. The van der Waals surface area contributed by atoms with Crippen molar-refractivity contribution in [1.29, 1.82) is 0 Å². The SMILES string of the molecule is COc1ccc(C(C)CNC2CC(N(CC(=O)O)CC3CC3)C2)cc1. The summed E-state index contributed by atoms with van der Waals surface area (Å²) < 4.78 is 5.20. The number of ether oxygens (including phenoxy) is 1. The van der Waals surface area contributed by atoms with E-state index in [1.165, 1.54) is 18.4 Å². The van der Waals surface area contributed by atoms with Gasteiger partial charge in [0.1, 0.15) is 5.75 Å². The molecule has 25 heavy (non-hydrogen) atoms. The van der Waals surface area contributed by atoms with Crippen LogP contribution in [0.25, 0.3) is 0 Å². The lowest BCUT2D eigenvalue weighted by atomic mass is 9.84. The van der Waals surface area contributed by atoms with Crippen LogP contribution in [0.1, 0.15) is 44.1 Å². The molecule has 0 aromatic heterocycles. The lowest BCUT2D eigenvalue weighted by Crippen LogP contribution is -2.54. The van der Waals surface area contributed by atoms with Crippen molar-refractivity contribution in [3.63, 3.8) is 0 Å². The van der Waals surface area contributed by atoms with Gasteiger partial charge in [-0.15, -0.1) is 0 Å². The fourth-order valence-electron chi connectivity index (χ4n) is 3.59. The molecule has 5 heteroatoms. The van der Waals surface area contributed by atoms with Gasteiger partial charge >= 0.3 is 5.97 Å². The number of carbonyl (C=O) groups is 1. The standard InChI is InChI=1S/C20H30N2O3/c1-14(16-5-7-19(25-2)8-6-16)11-21-17-9-18(10-17)22(13-20(23)24)12-15-3-4-15/h5-8,14-15,17-18,21H,3-4,9-13H2,1-2H3,(H,23,24). The zero-order valence-electron chi connectivity index (χ0n) is 15.3. The third kappa shape index (κ3) is 5.19. The van der Waals surface area contributed by atoms with E-state index in [-0.39, 0.29) is 6.54 Å². The quantitative estimate of drug-likeness (QED) is 0.682. The van der Waals surface area contributed by atoms with Gasteiger partial charge in [0, 0.05) is 25.2 Å². The number of rotatable bonds is 10. The third-order valence-corrected chi connectivity index (χ3v) is 5.56. The minimum atomic E-state index is -0.704. The zero-order chi connectivity index (χ0) is 17.8. The maximum atomic E-state index is 11.1. The summed E-state index contributed by atoms with van der Waals surface area (Å²) in [5, 5.41) is 12.8. The molecule has 0 aliphatic heterocycles. The molecule has 1 aromatic rings. The van der Waals surface area contributed by atoms with Crippen LogP contribution in [0.5, 0.6) is 5.75 Å². The maximum Gasteiger partial charge on any atom is 0.317 e. The molecule has 0 spiro atoms. The molecule has 0 bridgehead atoms. The monoisotopic (exact) mass is 346 g/mol. The van der Waals surface area contributed by atoms with Crippen LogP contribution >= 0.6 is 0 Å². The van der Waals surface area contributed by atoms with Crippen LogP contribution in [0, 0.1) is 5.92 Å². The molecule has 2 N–H and O–H groups in total. The fourth-order valence-corrected chi connectivity index (χ4v) is 3.59. The second-order valence-corrected chi connectivity index (χ2v) is 7.67. The van der Waals surface area contributed by atoms with Crippen molar-refractivity contribution in [2.75, 3.05) is 26.7 Å². The van der Waals surface area contributed by atoms with Crippen LogP contribution in [-0.4, -0.2) is 54.8 Å². The third-order valence-electron chi connectivity index (χ3n) is 5.56. The smallest absolute Gasteiger partial charge is 0.317 e. The molecule has 138 valence electrons. The van der Waals surface area contributed by atoms with Crippen molar-refractivity contribution in [2.45, 2.75) is 50.6 Å². The number of methoxy groups -OCH3 is 1. The highest BCUT2D eigenvalue weighted by Gasteiger charge is 2.36. The summed E-state index contributed by atoms with van der Waals surface area (Å²) >= 11 is 0. The Bertz CT molecular complexity index is 565. The Labute approximate surface area is 150 Å². The molecule has 0 amide bonds. The number of nitrogens with one attached hydrogen (secondary N) is 1. The van der Waals surface area contributed by atoms with E-state index >= 15 is 0 Å². The number of hydrogen-bond donors (Lipinski definition) is 2. The van der Waals surface area contributed by atoms with Crippen molar-refractivity contribution in [3.05, 3.63) is 29.8 Å². The van der Waals surface area contributed by atoms with Gasteiger partial charge in [0.2, 0.25) is 0 Å². The Morgan fingerprint density at radius 3 is 2.56 bits per heavy atom. The van der Waals surface area contributed by atoms with Gasteiger partial charge in [-0.2, -0.15) is 0 Å². The lowest BCUT2D eigenvalue weighted by Gasteiger charge is -2.43.